The molecule has 0 aromatic carbocycles. The summed E-state index contributed by atoms with van der Waals surface area (Å²) in [6.07, 6.45) is 1.93. The maximum Gasteiger partial charge on any atom is 0.310 e. The maximum atomic E-state index is 9.96. The molecule has 0 spiro atoms. The first kappa shape index (κ1) is 11.2. The third-order valence-corrected chi connectivity index (χ3v) is 1.82. The maximum absolute atomic E-state index is 9.96. The van der Waals surface area contributed by atoms with Gasteiger partial charge in [0.25, 0.3) is 0 Å². The monoisotopic (exact) mass is 300 g/mol. The third kappa shape index (κ3) is 4.19. The van der Waals surface area contributed by atoms with Gasteiger partial charge in [-0.05, 0) is 0 Å². The fourth-order valence-electron chi connectivity index (χ4n) is 0.259. The Bertz CT molecular complexity index is 244. The minimum absolute atomic E-state index is 0.346. The van der Waals surface area contributed by atoms with Crippen molar-refractivity contribution in [1.82, 2.24) is 0 Å². The van der Waals surface area contributed by atoms with Crippen LogP contribution in [0.5, 0.6) is 0 Å². The summed E-state index contributed by atoms with van der Waals surface area (Å²) in [7, 11) is 0. The average Bonchev–Trinajstić information content (AvgIpc) is 1.98. The summed E-state index contributed by atoms with van der Waals surface area (Å²) in [5, 5.41) is 19.9. The number of rotatable bonds is 3. The second-order valence-corrected chi connectivity index (χ2v) is 3.12. The van der Waals surface area contributed by atoms with Crippen LogP contribution in [0.25, 0.3) is 0 Å². The molecule has 0 aliphatic rings. The van der Waals surface area contributed by atoms with Crippen LogP contribution in [0.3, 0.4) is 0 Å². The molecule has 0 saturated carbocycles. The summed E-state index contributed by atoms with van der Waals surface area (Å²) in [6, 6.07) is 0. The number of nitro groups is 2. The first-order valence-corrected chi connectivity index (χ1v) is 4.05. The van der Waals surface area contributed by atoms with Gasteiger partial charge in [0.2, 0.25) is 0 Å². The predicted octanol–water partition coefficient (Wildman–Crippen LogP) is 2.01. The zero-order valence-electron chi connectivity index (χ0n) is 5.44. The van der Waals surface area contributed by atoms with E-state index < -0.39 is 9.85 Å². The highest BCUT2D eigenvalue weighted by Gasteiger charge is 2.06. The van der Waals surface area contributed by atoms with Crippen LogP contribution in [0.2, 0.25) is 0 Å². The summed E-state index contributed by atoms with van der Waals surface area (Å²) in [6.45, 7) is 0. The van der Waals surface area contributed by atoms with Gasteiger partial charge in [0.15, 0.2) is 0 Å². The Morgan fingerprint density at radius 1 is 1.00 bits per heavy atom. The third-order valence-electron chi connectivity index (χ3n) is 0.707. The van der Waals surface area contributed by atoms with Gasteiger partial charge in [0, 0.05) is 44.0 Å². The van der Waals surface area contributed by atoms with Crippen LogP contribution in [0.1, 0.15) is 0 Å². The van der Waals surface area contributed by atoms with E-state index in [1.54, 1.807) is 0 Å². The molecule has 0 radical (unpaired) electrons. The van der Waals surface area contributed by atoms with Gasteiger partial charge in [0.05, 0.1) is 9.85 Å². The summed E-state index contributed by atoms with van der Waals surface area (Å²) >= 11 is 5.19. The van der Waals surface area contributed by atoms with Crippen molar-refractivity contribution in [3.8, 4) is 0 Å². The van der Waals surface area contributed by atoms with Gasteiger partial charge in [-0.2, -0.15) is 0 Å². The molecule has 0 fully saturated rings. The molecule has 0 aromatic rings. The summed E-state index contributed by atoms with van der Waals surface area (Å²) in [5.74, 6) is 0. The predicted molar refractivity (Wildman–Crippen MR) is 48.0 cm³/mol. The van der Waals surface area contributed by atoms with Crippen molar-refractivity contribution >= 4 is 31.9 Å². The quantitative estimate of drug-likeness (QED) is 0.345. The largest absolute Gasteiger partial charge is 0.310 e. The Morgan fingerprint density at radius 2 is 1.25 bits per heavy atom. The lowest BCUT2D eigenvalue weighted by Crippen LogP contribution is -1.91. The molecule has 0 rings (SSSR count). The lowest BCUT2D eigenvalue weighted by molar-refractivity contribution is -0.411. The van der Waals surface area contributed by atoms with Gasteiger partial charge in [-0.1, -0.05) is 0 Å². The van der Waals surface area contributed by atoms with Crippen molar-refractivity contribution in [2.24, 2.45) is 0 Å². The number of nitrogens with zero attached hydrogens (tertiary/aromatic N) is 2. The van der Waals surface area contributed by atoms with Crippen LogP contribution in [-0.4, -0.2) is 9.85 Å². The number of allylic oxidation sites excluding steroid dienone is 2. The van der Waals surface area contributed by atoms with Crippen LogP contribution >= 0.6 is 31.9 Å². The topological polar surface area (TPSA) is 86.3 Å². The summed E-state index contributed by atoms with van der Waals surface area (Å²) in [5.41, 5.74) is 0. The molecular weight excluding hydrogens is 300 g/mol. The van der Waals surface area contributed by atoms with Gasteiger partial charge in [-0.15, -0.1) is 0 Å². The van der Waals surface area contributed by atoms with Gasteiger partial charge in [-0.3, -0.25) is 20.2 Å². The van der Waals surface area contributed by atoms with Crippen molar-refractivity contribution in [2.45, 2.75) is 0 Å². The Kier molecular flexibility index (Phi) is 4.67. The molecule has 12 heavy (non-hydrogen) atoms. The second-order valence-electron chi connectivity index (χ2n) is 1.49. The Balaban J connectivity index is 4.48. The second kappa shape index (κ2) is 4.99. The van der Waals surface area contributed by atoms with Gasteiger partial charge in [-0.25, -0.2) is 0 Å². The van der Waals surface area contributed by atoms with Crippen LogP contribution in [0.15, 0.2) is 21.4 Å². The van der Waals surface area contributed by atoms with E-state index in [0.717, 1.165) is 12.2 Å². The highest BCUT2D eigenvalue weighted by atomic mass is 79.9. The van der Waals surface area contributed by atoms with E-state index in [1.165, 1.54) is 0 Å². The molecule has 6 nitrogen and oxygen atoms in total. The Labute approximate surface area is 83.5 Å². The minimum atomic E-state index is -0.712. The average molecular weight is 302 g/mol. The number of hydrogen-bond donors (Lipinski definition) is 0. The van der Waals surface area contributed by atoms with Crippen molar-refractivity contribution in [2.75, 3.05) is 0 Å². The smallest absolute Gasteiger partial charge is 0.258 e. The molecule has 0 N–H and O–H groups in total. The van der Waals surface area contributed by atoms with E-state index >= 15 is 0 Å². The van der Waals surface area contributed by atoms with E-state index in [4.69, 9.17) is 0 Å². The van der Waals surface area contributed by atoms with E-state index in [2.05, 4.69) is 31.9 Å². The first-order valence-electron chi connectivity index (χ1n) is 2.47. The molecule has 0 heterocycles. The Hall–Kier alpha value is -0.760. The minimum Gasteiger partial charge on any atom is -0.258 e. The first-order chi connectivity index (χ1) is 5.45. The molecule has 0 aliphatic heterocycles. The highest BCUT2D eigenvalue weighted by Crippen LogP contribution is 2.09. The van der Waals surface area contributed by atoms with E-state index in [0.29, 0.717) is 0 Å². The normalized spacial score (nSPS) is 12.8. The van der Waals surface area contributed by atoms with Crippen LogP contribution in [-0.2, 0) is 0 Å². The molecule has 8 heteroatoms. The van der Waals surface area contributed by atoms with Crippen molar-refractivity contribution in [3.63, 3.8) is 0 Å². The molecular formula is C4H2Br2N2O4. The number of halogens is 2. The molecule has 0 atom stereocenters. The van der Waals surface area contributed by atoms with Crippen molar-refractivity contribution in [3.05, 3.63) is 41.6 Å². The summed E-state index contributed by atoms with van der Waals surface area (Å²) < 4.78 is -0.692. The zero-order chi connectivity index (χ0) is 9.72. The standard InChI is InChI=1S/C4H2Br2N2O4/c5-3(7(9)10)1-2-4(6)8(11)12/h1-2H. The van der Waals surface area contributed by atoms with Gasteiger partial charge < -0.3 is 0 Å². The van der Waals surface area contributed by atoms with Gasteiger partial charge in [0.1, 0.15) is 0 Å². The molecule has 0 amide bonds. The van der Waals surface area contributed by atoms with Gasteiger partial charge >= 0.3 is 9.21 Å². The summed E-state index contributed by atoms with van der Waals surface area (Å²) in [4.78, 5) is 18.5. The number of hydrogen-bond acceptors (Lipinski definition) is 4. The van der Waals surface area contributed by atoms with E-state index in [1.807, 2.05) is 0 Å². The zero-order valence-corrected chi connectivity index (χ0v) is 8.61. The van der Waals surface area contributed by atoms with Crippen molar-refractivity contribution < 1.29 is 9.85 Å². The Morgan fingerprint density at radius 3 is 1.42 bits per heavy atom. The SMILES string of the molecule is O=[N+]([O-])C(Br)=CC=C(Br)[N+](=O)[O-]. The molecule has 0 aromatic heterocycles. The lowest BCUT2D eigenvalue weighted by atomic mass is 10.6. The van der Waals surface area contributed by atoms with E-state index in [9.17, 15) is 20.2 Å². The van der Waals surface area contributed by atoms with Crippen LogP contribution < -0.4 is 0 Å². The fraction of sp³-hybridized carbons (Fsp3) is 0. The van der Waals surface area contributed by atoms with Crippen LogP contribution in [0.4, 0.5) is 0 Å². The highest BCUT2D eigenvalue weighted by molar-refractivity contribution is 9.11. The molecule has 0 saturated heterocycles. The molecule has 0 aliphatic carbocycles. The molecule has 0 bridgehead atoms. The lowest BCUT2D eigenvalue weighted by Gasteiger charge is -1.84. The fourth-order valence-corrected chi connectivity index (χ4v) is 0.524. The van der Waals surface area contributed by atoms with Crippen LogP contribution in [0, 0.1) is 20.2 Å². The molecule has 66 valence electrons. The van der Waals surface area contributed by atoms with E-state index in [-0.39, 0.29) is 9.21 Å². The van der Waals surface area contributed by atoms with Crippen molar-refractivity contribution in [1.29, 1.82) is 0 Å². The molecule has 0 unspecified atom stereocenters.